The molecule has 0 nitrogen and oxygen atoms in total. The van der Waals surface area contributed by atoms with Gasteiger partial charge in [-0.2, -0.15) is 0 Å². The van der Waals surface area contributed by atoms with Crippen molar-refractivity contribution < 1.29 is 0 Å². The zero-order valence-electron chi connectivity index (χ0n) is 13.2. The lowest BCUT2D eigenvalue weighted by molar-refractivity contribution is 0.485. The lowest BCUT2D eigenvalue weighted by Crippen LogP contribution is -2.22. The van der Waals surface area contributed by atoms with E-state index in [0.717, 1.165) is 0 Å². The van der Waals surface area contributed by atoms with Gasteiger partial charge in [-0.1, -0.05) is 85.8 Å². The van der Waals surface area contributed by atoms with Gasteiger partial charge in [-0.3, -0.25) is 0 Å². The molecule has 0 aliphatic carbocycles. The molecule has 0 saturated carbocycles. The van der Waals surface area contributed by atoms with Crippen molar-refractivity contribution in [3.63, 3.8) is 0 Å². The van der Waals surface area contributed by atoms with Crippen molar-refractivity contribution in [3.05, 3.63) is 102 Å². The molecule has 0 aromatic heterocycles. The predicted molar refractivity (Wildman–Crippen MR) is 98.9 cm³/mol. The van der Waals surface area contributed by atoms with Crippen molar-refractivity contribution >= 4 is 11.8 Å². The fourth-order valence-electron chi connectivity index (χ4n) is 3.70. The van der Waals surface area contributed by atoms with Crippen LogP contribution in [0.25, 0.3) is 0 Å². The topological polar surface area (TPSA) is 0 Å². The predicted octanol–water partition coefficient (Wildman–Crippen LogP) is 6.30. The summed E-state index contributed by atoms with van der Waals surface area (Å²) in [4.78, 5) is 1.42. The van der Waals surface area contributed by atoms with Crippen LogP contribution < -0.4 is 0 Å². The van der Waals surface area contributed by atoms with Crippen molar-refractivity contribution in [2.24, 2.45) is 5.92 Å². The van der Waals surface area contributed by atoms with E-state index in [9.17, 15) is 0 Å². The monoisotopic (exact) mass is 316 g/mol. The molecule has 0 amide bonds. The largest absolute Gasteiger partial charge is 0.117 e. The molecule has 3 aromatic carbocycles. The van der Waals surface area contributed by atoms with Crippen LogP contribution in [0.15, 0.2) is 89.8 Å². The molecule has 0 bridgehead atoms. The summed E-state index contributed by atoms with van der Waals surface area (Å²) in [5.74, 6) is 1.01. The minimum atomic E-state index is 0.457. The van der Waals surface area contributed by atoms with E-state index < -0.39 is 0 Å². The summed E-state index contributed by atoms with van der Waals surface area (Å²) >= 11 is 2.02. The van der Waals surface area contributed by atoms with Gasteiger partial charge in [-0.25, -0.2) is 0 Å². The Morgan fingerprint density at radius 3 is 1.91 bits per heavy atom. The summed E-state index contributed by atoms with van der Waals surface area (Å²) in [6, 6.07) is 30.8. The summed E-state index contributed by atoms with van der Waals surface area (Å²) in [5, 5.41) is 0.497. The average Bonchev–Trinajstić information content (AvgIpc) is 2.63. The van der Waals surface area contributed by atoms with E-state index >= 15 is 0 Å². The quantitative estimate of drug-likeness (QED) is 0.534. The first-order chi connectivity index (χ1) is 11.3. The van der Waals surface area contributed by atoms with Gasteiger partial charge in [0.05, 0.1) is 0 Å². The van der Waals surface area contributed by atoms with Gasteiger partial charge in [0.25, 0.3) is 0 Å². The highest BCUT2D eigenvalue weighted by Gasteiger charge is 2.35. The van der Waals surface area contributed by atoms with Crippen LogP contribution in [0.4, 0.5) is 0 Å². The normalized spacial score (nSPS) is 23.3. The van der Waals surface area contributed by atoms with E-state index in [4.69, 9.17) is 0 Å². The number of hydrogen-bond acceptors (Lipinski definition) is 1. The van der Waals surface area contributed by atoms with Crippen LogP contribution in [0.1, 0.15) is 34.8 Å². The highest BCUT2D eigenvalue weighted by molar-refractivity contribution is 7.99. The lowest BCUT2D eigenvalue weighted by atomic mass is 9.78. The molecule has 0 saturated heterocycles. The van der Waals surface area contributed by atoms with E-state index in [2.05, 4.69) is 91.9 Å². The van der Waals surface area contributed by atoms with Gasteiger partial charge >= 0.3 is 0 Å². The average molecular weight is 316 g/mol. The number of hydrogen-bond donors (Lipinski definition) is 0. The second kappa shape index (κ2) is 6.25. The Morgan fingerprint density at radius 2 is 1.22 bits per heavy atom. The van der Waals surface area contributed by atoms with Crippen LogP contribution >= 0.6 is 11.8 Å². The first-order valence-corrected chi connectivity index (χ1v) is 9.08. The molecule has 3 aromatic rings. The molecule has 0 radical (unpaired) electrons. The van der Waals surface area contributed by atoms with Crippen LogP contribution in [0.3, 0.4) is 0 Å². The van der Waals surface area contributed by atoms with Gasteiger partial charge in [0, 0.05) is 16.1 Å². The number of thioether (sulfide) groups is 1. The Balaban J connectivity index is 1.83. The highest BCUT2D eigenvalue weighted by atomic mass is 32.2. The Kier molecular flexibility index (Phi) is 3.97. The van der Waals surface area contributed by atoms with Crippen LogP contribution in [-0.4, -0.2) is 0 Å². The molecule has 4 rings (SSSR count). The molecule has 1 aliphatic heterocycles. The maximum Gasteiger partial charge on any atom is 0.0379 e. The molecule has 114 valence electrons. The smallest absolute Gasteiger partial charge is 0.0379 e. The fraction of sp³-hybridized carbons (Fsp3) is 0.182. The molecule has 3 atom stereocenters. The first-order valence-electron chi connectivity index (χ1n) is 8.20. The molecular weight excluding hydrogens is 296 g/mol. The second-order valence-corrected chi connectivity index (χ2v) is 7.42. The second-order valence-electron chi connectivity index (χ2n) is 6.23. The molecule has 1 aliphatic rings. The summed E-state index contributed by atoms with van der Waals surface area (Å²) < 4.78 is 0. The molecule has 0 fully saturated rings. The maximum atomic E-state index is 2.40. The molecule has 0 N–H and O–H groups in total. The molecule has 1 heteroatoms. The van der Waals surface area contributed by atoms with Gasteiger partial charge in [0.15, 0.2) is 0 Å². The highest BCUT2D eigenvalue weighted by Crippen LogP contribution is 2.54. The van der Waals surface area contributed by atoms with E-state index in [1.165, 1.54) is 21.6 Å². The van der Waals surface area contributed by atoms with Crippen LogP contribution in [0.5, 0.6) is 0 Å². The lowest BCUT2D eigenvalue weighted by Gasteiger charge is -2.38. The Labute approximate surface area is 142 Å². The van der Waals surface area contributed by atoms with Crippen molar-refractivity contribution in [2.75, 3.05) is 0 Å². The van der Waals surface area contributed by atoms with Crippen molar-refractivity contribution in [3.8, 4) is 0 Å². The molecular formula is C22H20S. The third-order valence-corrected chi connectivity index (χ3v) is 6.38. The van der Waals surface area contributed by atoms with Crippen molar-refractivity contribution in [2.45, 2.75) is 23.0 Å². The first kappa shape index (κ1) is 14.6. The maximum absolute atomic E-state index is 2.40. The minimum Gasteiger partial charge on any atom is -0.117 e. The van der Waals surface area contributed by atoms with Gasteiger partial charge in [-0.15, -0.1) is 11.8 Å². The van der Waals surface area contributed by atoms with E-state index in [1.54, 1.807) is 0 Å². The fourth-order valence-corrected chi connectivity index (χ4v) is 5.13. The van der Waals surface area contributed by atoms with E-state index in [0.29, 0.717) is 17.1 Å². The third kappa shape index (κ3) is 2.70. The summed E-state index contributed by atoms with van der Waals surface area (Å²) in [6.45, 7) is 2.40. The standard InChI is InChI=1S/C22H20S/c1-16-21(17-10-4-2-5-11-17)19-14-8-9-15-20(19)23-22(16)18-12-6-3-7-13-18/h2-16,21-22H,1H3. The number of rotatable bonds is 2. The zero-order valence-corrected chi connectivity index (χ0v) is 14.0. The Bertz CT molecular complexity index is 779. The summed E-state index contributed by atoms with van der Waals surface area (Å²) in [5.41, 5.74) is 4.33. The van der Waals surface area contributed by atoms with Gasteiger partial charge in [0.2, 0.25) is 0 Å². The molecule has 3 unspecified atom stereocenters. The van der Waals surface area contributed by atoms with E-state index in [-0.39, 0.29) is 0 Å². The van der Waals surface area contributed by atoms with Crippen LogP contribution in [0.2, 0.25) is 0 Å². The van der Waals surface area contributed by atoms with E-state index in [1.807, 2.05) is 11.8 Å². The Morgan fingerprint density at radius 1 is 0.652 bits per heavy atom. The molecule has 23 heavy (non-hydrogen) atoms. The third-order valence-electron chi connectivity index (χ3n) is 4.80. The molecule has 0 spiro atoms. The minimum absolute atomic E-state index is 0.457. The number of benzene rings is 3. The summed E-state index contributed by atoms with van der Waals surface area (Å²) in [6.07, 6.45) is 0. The van der Waals surface area contributed by atoms with Crippen molar-refractivity contribution in [1.29, 1.82) is 0 Å². The number of fused-ring (bicyclic) bond motifs is 1. The summed E-state index contributed by atoms with van der Waals surface area (Å²) in [7, 11) is 0. The van der Waals surface area contributed by atoms with Crippen LogP contribution in [0, 0.1) is 5.92 Å². The van der Waals surface area contributed by atoms with Gasteiger partial charge in [-0.05, 0) is 28.7 Å². The van der Waals surface area contributed by atoms with Gasteiger partial charge < -0.3 is 0 Å². The molecule has 1 heterocycles. The SMILES string of the molecule is CC1C(c2ccccc2)Sc2ccccc2C1c1ccccc1. The van der Waals surface area contributed by atoms with Crippen molar-refractivity contribution in [1.82, 2.24) is 0 Å². The Hall–Kier alpha value is -1.99. The van der Waals surface area contributed by atoms with Crippen LogP contribution in [-0.2, 0) is 0 Å². The zero-order chi connectivity index (χ0) is 15.6. The van der Waals surface area contributed by atoms with Gasteiger partial charge in [0.1, 0.15) is 0 Å².